The van der Waals surface area contributed by atoms with Crippen molar-refractivity contribution in [3.05, 3.63) is 68.5 Å². The molecule has 4 heterocycles. The van der Waals surface area contributed by atoms with Crippen molar-refractivity contribution in [3.63, 3.8) is 0 Å². The number of aromatic nitrogens is 5. The molecule has 5 rings (SSSR count). The van der Waals surface area contributed by atoms with E-state index in [9.17, 15) is 26.7 Å². The third-order valence-corrected chi connectivity index (χ3v) is 6.60. The van der Waals surface area contributed by atoms with Gasteiger partial charge in [-0.2, -0.15) is 13.2 Å². The Morgan fingerprint density at radius 2 is 1.86 bits per heavy atom. The second-order valence-electron chi connectivity index (χ2n) is 9.18. The second kappa shape index (κ2) is 9.42. The lowest BCUT2D eigenvalue weighted by molar-refractivity contribution is -0.0934. The average molecular weight is 519 g/mol. The number of nitrogens with zero attached hydrogens (tertiary/aromatic N) is 5. The number of aryl methyl sites for hydroxylation is 2. The molecule has 3 aromatic heterocycles. The SMILES string of the molecule is Cc1nc2nc([C@@H]3CCO[C@H](c4ccc(=O)n(CC(F)F)c4)C3)nc(C3=C=C(C(F)(F)F)C3)c2nc1C. The van der Waals surface area contributed by atoms with E-state index in [4.69, 9.17) is 4.74 Å². The monoisotopic (exact) mass is 519 g/mol. The fraction of sp³-hybridized carbons (Fsp3) is 0.440. The summed E-state index contributed by atoms with van der Waals surface area (Å²) in [7, 11) is 0. The molecule has 1 saturated heterocycles. The highest BCUT2D eigenvalue weighted by molar-refractivity contribution is 5.87. The largest absolute Gasteiger partial charge is 0.420 e. The van der Waals surface area contributed by atoms with E-state index in [0.29, 0.717) is 53.3 Å². The maximum atomic E-state index is 13.1. The molecule has 12 heteroatoms. The number of hydrogen-bond donors (Lipinski definition) is 0. The summed E-state index contributed by atoms with van der Waals surface area (Å²) in [5.41, 5.74) is 4.09. The van der Waals surface area contributed by atoms with Crippen LogP contribution in [0.1, 0.15) is 59.8 Å². The number of ether oxygens (including phenoxy) is 1. The first kappa shape index (κ1) is 25.2. The summed E-state index contributed by atoms with van der Waals surface area (Å²) in [4.78, 5) is 30.2. The lowest BCUT2D eigenvalue weighted by Crippen LogP contribution is -2.25. The molecule has 1 fully saturated rings. The summed E-state index contributed by atoms with van der Waals surface area (Å²) < 4.78 is 71.8. The molecular formula is C25H22F5N5O2. The summed E-state index contributed by atoms with van der Waals surface area (Å²) in [6.45, 7) is 3.12. The van der Waals surface area contributed by atoms with Gasteiger partial charge in [0.15, 0.2) is 5.65 Å². The van der Waals surface area contributed by atoms with Crippen LogP contribution in [0.5, 0.6) is 0 Å². The van der Waals surface area contributed by atoms with Crippen LogP contribution >= 0.6 is 0 Å². The Hall–Kier alpha value is -3.50. The third-order valence-electron chi connectivity index (χ3n) is 6.60. The number of rotatable bonds is 5. The molecule has 0 unspecified atom stereocenters. The van der Waals surface area contributed by atoms with Gasteiger partial charge in [-0.3, -0.25) is 4.79 Å². The van der Waals surface area contributed by atoms with Gasteiger partial charge in [0.1, 0.15) is 17.0 Å². The van der Waals surface area contributed by atoms with Gasteiger partial charge in [-0.25, -0.2) is 28.7 Å². The van der Waals surface area contributed by atoms with E-state index in [1.807, 2.05) is 0 Å². The Balaban J connectivity index is 1.53. The van der Waals surface area contributed by atoms with Crippen molar-refractivity contribution in [3.8, 4) is 0 Å². The smallest absolute Gasteiger partial charge is 0.373 e. The predicted molar refractivity (Wildman–Crippen MR) is 123 cm³/mol. The minimum Gasteiger partial charge on any atom is -0.373 e. The molecule has 1 aliphatic heterocycles. The zero-order valence-corrected chi connectivity index (χ0v) is 19.9. The molecule has 1 aliphatic carbocycles. The van der Waals surface area contributed by atoms with Crippen molar-refractivity contribution in [1.82, 2.24) is 24.5 Å². The predicted octanol–water partition coefficient (Wildman–Crippen LogP) is 4.97. The maximum absolute atomic E-state index is 13.1. The van der Waals surface area contributed by atoms with Crippen LogP contribution in [-0.4, -0.2) is 43.7 Å². The van der Waals surface area contributed by atoms with Gasteiger partial charge in [-0.05, 0) is 38.3 Å². The van der Waals surface area contributed by atoms with Gasteiger partial charge in [0.05, 0.1) is 29.6 Å². The summed E-state index contributed by atoms with van der Waals surface area (Å²) >= 11 is 0. The van der Waals surface area contributed by atoms with Crippen LogP contribution in [0.2, 0.25) is 0 Å². The Labute approximate surface area is 207 Å². The van der Waals surface area contributed by atoms with E-state index in [1.165, 1.54) is 12.3 Å². The van der Waals surface area contributed by atoms with Crippen molar-refractivity contribution in [2.24, 2.45) is 0 Å². The summed E-state index contributed by atoms with van der Waals surface area (Å²) in [6, 6.07) is 2.77. The fourth-order valence-electron chi connectivity index (χ4n) is 4.47. The van der Waals surface area contributed by atoms with Gasteiger partial charge in [-0.1, -0.05) is 0 Å². The molecule has 0 saturated carbocycles. The summed E-state index contributed by atoms with van der Waals surface area (Å²) in [5, 5.41) is 0. The fourth-order valence-corrected chi connectivity index (χ4v) is 4.47. The zero-order valence-electron chi connectivity index (χ0n) is 19.9. The minimum absolute atomic E-state index is 0.243. The topological polar surface area (TPSA) is 82.8 Å². The number of hydrogen-bond acceptors (Lipinski definition) is 6. The lowest BCUT2D eigenvalue weighted by atomic mass is 9.90. The quantitative estimate of drug-likeness (QED) is 0.350. The molecule has 0 N–H and O–H groups in total. The van der Waals surface area contributed by atoms with Gasteiger partial charge >= 0.3 is 6.18 Å². The van der Waals surface area contributed by atoms with E-state index >= 15 is 0 Å². The van der Waals surface area contributed by atoms with E-state index in [2.05, 4.69) is 25.7 Å². The van der Waals surface area contributed by atoms with Crippen molar-refractivity contribution >= 4 is 16.7 Å². The Morgan fingerprint density at radius 1 is 1.14 bits per heavy atom. The zero-order chi connectivity index (χ0) is 26.5. The molecule has 0 amide bonds. The van der Waals surface area contributed by atoms with E-state index in [1.54, 1.807) is 19.9 Å². The molecule has 194 valence electrons. The van der Waals surface area contributed by atoms with Crippen molar-refractivity contribution in [1.29, 1.82) is 0 Å². The van der Waals surface area contributed by atoms with Gasteiger partial charge in [0.2, 0.25) is 0 Å². The first-order valence-electron chi connectivity index (χ1n) is 11.7. The van der Waals surface area contributed by atoms with Crippen LogP contribution in [0.3, 0.4) is 0 Å². The van der Waals surface area contributed by atoms with Crippen LogP contribution in [0, 0.1) is 13.8 Å². The average Bonchev–Trinajstić information content (AvgIpc) is 2.79. The molecule has 0 radical (unpaired) electrons. The number of allylic oxidation sites excluding steroid dienone is 1. The van der Waals surface area contributed by atoms with Crippen LogP contribution in [0.25, 0.3) is 16.7 Å². The standard InChI is InChI=1S/C25H22F5N5O2/c1-12-13(2)32-24-22(31-12)21(16-7-17(8-16)25(28,29)30)33-23(34-24)14-5-6-37-18(9-14)15-3-4-20(36)35(10-15)11-19(26)27/h3-4,10,14,18-19H,5-7,9,11H2,1-2H3/t14-,18+/m1/s1. The summed E-state index contributed by atoms with van der Waals surface area (Å²) in [5.74, 6) is 0.150. The van der Waals surface area contributed by atoms with E-state index in [-0.39, 0.29) is 23.7 Å². The van der Waals surface area contributed by atoms with Crippen LogP contribution < -0.4 is 5.56 Å². The molecule has 2 aliphatic rings. The molecule has 3 aromatic rings. The number of alkyl halides is 5. The second-order valence-corrected chi connectivity index (χ2v) is 9.18. The van der Waals surface area contributed by atoms with Gasteiger partial charge in [0.25, 0.3) is 12.0 Å². The molecule has 0 bridgehead atoms. The van der Waals surface area contributed by atoms with Crippen LogP contribution in [0.15, 0.2) is 34.4 Å². The number of halogens is 5. The lowest BCUT2D eigenvalue weighted by Gasteiger charge is -2.29. The molecule has 0 spiro atoms. The van der Waals surface area contributed by atoms with Crippen LogP contribution in [-0.2, 0) is 11.3 Å². The number of pyridine rings is 1. The van der Waals surface area contributed by atoms with E-state index in [0.717, 1.165) is 4.57 Å². The van der Waals surface area contributed by atoms with Gasteiger partial charge in [0, 0.05) is 36.8 Å². The van der Waals surface area contributed by atoms with Gasteiger partial charge < -0.3 is 9.30 Å². The highest BCUT2D eigenvalue weighted by Gasteiger charge is 2.39. The van der Waals surface area contributed by atoms with Crippen molar-refractivity contribution < 1.29 is 26.7 Å². The van der Waals surface area contributed by atoms with Crippen LogP contribution in [0.4, 0.5) is 22.0 Å². The Kier molecular flexibility index (Phi) is 6.41. The van der Waals surface area contributed by atoms with Gasteiger partial charge in [-0.15, -0.1) is 5.73 Å². The normalized spacial score (nSPS) is 20.1. The summed E-state index contributed by atoms with van der Waals surface area (Å²) in [6.07, 6.45) is -5.67. The molecular weight excluding hydrogens is 497 g/mol. The minimum atomic E-state index is -4.46. The Bertz CT molecular complexity index is 1510. The number of fused-ring (bicyclic) bond motifs is 1. The molecule has 37 heavy (non-hydrogen) atoms. The van der Waals surface area contributed by atoms with E-state index < -0.39 is 36.4 Å². The van der Waals surface area contributed by atoms with Crippen molar-refractivity contribution in [2.45, 2.75) is 64.3 Å². The van der Waals surface area contributed by atoms with Crippen molar-refractivity contribution in [2.75, 3.05) is 6.61 Å². The highest BCUT2D eigenvalue weighted by Crippen LogP contribution is 2.41. The molecule has 0 aromatic carbocycles. The molecule has 7 nitrogen and oxygen atoms in total. The molecule has 2 atom stereocenters. The maximum Gasteiger partial charge on any atom is 0.420 e. The first-order chi connectivity index (χ1) is 17.5. The highest BCUT2D eigenvalue weighted by atomic mass is 19.4. The third kappa shape index (κ3) is 5.03. The Morgan fingerprint density at radius 3 is 2.57 bits per heavy atom. The first-order valence-corrected chi connectivity index (χ1v) is 11.7.